The number of amides is 1. The lowest BCUT2D eigenvalue weighted by Crippen LogP contribution is -2.12. The molecule has 0 spiro atoms. The van der Waals surface area contributed by atoms with Gasteiger partial charge in [0.2, 0.25) is 5.91 Å². The van der Waals surface area contributed by atoms with Crippen molar-refractivity contribution >= 4 is 11.6 Å². The lowest BCUT2D eigenvalue weighted by Gasteiger charge is -2.10. The van der Waals surface area contributed by atoms with Crippen LogP contribution in [0.3, 0.4) is 0 Å². The Hall–Kier alpha value is -2.43. The van der Waals surface area contributed by atoms with Crippen LogP contribution >= 0.6 is 0 Å². The maximum absolute atomic E-state index is 11.8. The van der Waals surface area contributed by atoms with Gasteiger partial charge in [0.1, 0.15) is 5.75 Å². The molecule has 2 aromatic rings. The molecule has 0 bridgehead atoms. The summed E-state index contributed by atoms with van der Waals surface area (Å²) in [5, 5.41) is 2.82. The Labute approximate surface area is 143 Å². The molecule has 0 saturated heterocycles. The van der Waals surface area contributed by atoms with Crippen molar-refractivity contribution in [2.45, 2.75) is 46.6 Å². The van der Waals surface area contributed by atoms with Crippen molar-refractivity contribution in [3.63, 3.8) is 0 Å². The van der Waals surface area contributed by atoms with Gasteiger partial charge >= 0.3 is 0 Å². The van der Waals surface area contributed by atoms with E-state index in [1.54, 1.807) is 12.4 Å². The Bertz CT molecular complexity index is 649. The molecule has 128 valence electrons. The minimum absolute atomic E-state index is 0.00441. The summed E-state index contributed by atoms with van der Waals surface area (Å²) in [7, 11) is 0. The number of carbonyl (C=O) groups excluding carboxylic acids is 1. The van der Waals surface area contributed by atoms with Crippen molar-refractivity contribution in [1.29, 1.82) is 0 Å². The van der Waals surface area contributed by atoms with Gasteiger partial charge in [0.15, 0.2) is 5.82 Å². The van der Waals surface area contributed by atoms with Crippen LogP contribution in [-0.2, 0) is 4.79 Å². The smallest absolute Gasteiger partial charge is 0.224 e. The third-order valence-corrected chi connectivity index (χ3v) is 3.37. The summed E-state index contributed by atoms with van der Waals surface area (Å²) in [5.74, 6) is 1.95. The number of nitrogens with zero attached hydrogens (tertiary/aromatic N) is 2. The lowest BCUT2D eigenvalue weighted by atomic mass is 10.1. The molecule has 0 aliphatic heterocycles. The summed E-state index contributed by atoms with van der Waals surface area (Å²) < 4.78 is 5.62. The average Bonchev–Trinajstić information content (AvgIpc) is 2.54. The molecule has 1 aromatic carbocycles. The summed E-state index contributed by atoms with van der Waals surface area (Å²) in [4.78, 5) is 20.5. The summed E-state index contributed by atoms with van der Waals surface area (Å²) in [6.45, 7) is 8.18. The van der Waals surface area contributed by atoms with Crippen LogP contribution in [0.5, 0.6) is 5.75 Å². The lowest BCUT2D eigenvalue weighted by molar-refractivity contribution is -0.116. The Morgan fingerprint density at radius 1 is 1.08 bits per heavy atom. The van der Waals surface area contributed by atoms with E-state index in [2.05, 4.69) is 29.1 Å². The molecule has 0 aliphatic carbocycles. The van der Waals surface area contributed by atoms with E-state index in [1.165, 1.54) is 0 Å². The van der Waals surface area contributed by atoms with E-state index in [9.17, 15) is 4.79 Å². The first-order valence-corrected chi connectivity index (χ1v) is 8.33. The van der Waals surface area contributed by atoms with Crippen molar-refractivity contribution in [1.82, 2.24) is 9.97 Å². The fourth-order valence-corrected chi connectivity index (χ4v) is 2.14. The van der Waals surface area contributed by atoms with Crippen LogP contribution in [0.15, 0.2) is 36.7 Å². The number of nitrogens with one attached hydrogen (secondary N) is 1. The first-order chi connectivity index (χ1) is 11.4. The van der Waals surface area contributed by atoms with Gasteiger partial charge in [-0.1, -0.05) is 13.8 Å². The number of hydrogen-bond donors (Lipinski definition) is 1. The number of rotatable bonds is 7. The summed E-state index contributed by atoms with van der Waals surface area (Å²) in [6, 6.07) is 7.66. The molecule has 0 fully saturated rings. The van der Waals surface area contributed by atoms with Gasteiger partial charge in [-0.2, -0.15) is 0 Å². The van der Waals surface area contributed by atoms with E-state index in [1.807, 2.05) is 38.1 Å². The molecule has 5 nitrogen and oxygen atoms in total. The van der Waals surface area contributed by atoms with Crippen molar-refractivity contribution in [2.75, 3.05) is 5.32 Å². The Morgan fingerprint density at radius 2 is 1.71 bits per heavy atom. The summed E-state index contributed by atoms with van der Waals surface area (Å²) in [6.07, 6.45) is 4.79. The molecule has 1 aromatic heterocycles. The SMILES string of the molecule is CC(C)CCC(=O)Nc1cnc(-c2ccc(OC(C)C)cc2)nc1. The van der Waals surface area contributed by atoms with E-state index in [0.717, 1.165) is 17.7 Å². The molecule has 0 saturated carbocycles. The van der Waals surface area contributed by atoms with E-state index < -0.39 is 0 Å². The number of ether oxygens (including phenoxy) is 1. The van der Waals surface area contributed by atoms with E-state index in [4.69, 9.17) is 4.74 Å². The van der Waals surface area contributed by atoms with Crippen molar-refractivity contribution in [3.8, 4) is 17.1 Å². The van der Waals surface area contributed by atoms with E-state index in [-0.39, 0.29) is 12.0 Å². The second-order valence-corrected chi connectivity index (χ2v) is 6.47. The van der Waals surface area contributed by atoms with Crippen LogP contribution in [0.25, 0.3) is 11.4 Å². The highest BCUT2D eigenvalue weighted by molar-refractivity contribution is 5.90. The van der Waals surface area contributed by atoms with Crippen LogP contribution in [0.4, 0.5) is 5.69 Å². The minimum Gasteiger partial charge on any atom is -0.491 e. The van der Waals surface area contributed by atoms with Crippen molar-refractivity contribution in [2.24, 2.45) is 5.92 Å². The molecule has 2 rings (SSSR count). The van der Waals surface area contributed by atoms with Crippen LogP contribution in [0, 0.1) is 5.92 Å². The zero-order chi connectivity index (χ0) is 17.5. The highest BCUT2D eigenvalue weighted by atomic mass is 16.5. The predicted molar refractivity (Wildman–Crippen MR) is 95.9 cm³/mol. The Morgan fingerprint density at radius 3 is 2.25 bits per heavy atom. The van der Waals surface area contributed by atoms with Crippen LogP contribution < -0.4 is 10.1 Å². The molecular formula is C19H25N3O2. The largest absolute Gasteiger partial charge is 0.491 e. The minimum atomic E-state index is -0.00441. The molecule has 0 aliphatic rings. The van der Waals surface area contributed by atoms with E-state index in [0.29, 0.717) is 23.9 Å². The van der Waals surface area contributed by atoms with Gasteiger partial charge in [-0.25, -0.2) is 9.97 Å². The van der Waals surface area contributed by atoms with Gasteiger partial charge in [0.25, 0.3) is 0 Å². The number of benzene rings is 1. The normalized spacial score (nSPS) is 10.9. The number of aromatic nitrogens is 2. The Kier molecular flexibility index (Phi) is 6.29. The number of hydrogen-bond acceptors (Lipinski definition) is 4. The van der Waals surface area contributed by atoms with Crippen molar-refractivity contribution in [3.05, 3.63) is 36.7 Å². The van der Waals surface area contributed by atoms with Gasteiger partial charge in [0.05, 0.1) is 24.2 Å². The molecule has 0 unspecified atom stereocenters. The molecule has 1 heterocycles. The van der Waals surface area contributed by atoms with Crippen molar-refractivity contribution < 1.29 is 9.53 Å². The third kappa shape index (κ3) is 5.65. The molecule has 5 heteroatoms. The quantitative estimate of drug-likeness (QED) is 0.823. The van der Waals surface area contributed by atoms with Crippen LogP contribution in [0.1, 0.15) is 40.5 Å². The summed E-state index contributed by atoms with van der Waals surface area (Å²) >= 11 is 0. The highest BCUT2D eigenvalue weighted by Crippen LogP contribution is 2.20. The predicted octanol–water partition coefficient (Wildman–Crippen LogP) is 4.31. The molecule has 24 heavy (non-hydrogen) atoms. The van der Waals surface area contributed by atoms with Gasteiger partial charge in [-0.05, 0) is 50.5 Å². The third-order valence-electron chi connectivity index (χ3n) is 3.37. The standard InChI is InChI=1S/C19H25N3O2/c1-13(2)5-10-18(23)22-16-11-20-19(21-12-16)15-6-8-17(9-7-15)24-14(3)4/h6-9,11-14H,5,10H2,1-4H3,(H,22,23). The van der Waals surface area contributed by atoms with Gasteiger partial charge in [0, 0.05) is 12.0 Å². The first kappa shape index (κ1) is 17.9. The fraction of sp³-hybridized carbons (Fsp3) is 0.421. The maximum Gasteiger partial charge on any atom is 0.224 e. The second kappa shape index (κ2) is 8.43. The zero-order valence-corrected chi connectivity index (χ0v) is 14.7. The number of carbonyl (C=O) groups is 1. The number of anilines is 1. The van der Waals surface area contributed by atoms with Gasteiger partial charge < -0.3 is 10.1 Å². The maximum atomic E-state index is 11.8. The molecule has 1 N–H and O–H groups in total. The van der Waals surface area contributed by atoms with Crippen LogP contribution in [-0.4, -0.2) is 22.0 Å². The Balaban J connectivity index is 1.97. The fourth-order valence-electron chi connectivity index (χ4n) is 2.14. The first-order valence-electron chi connectivity index (χ1n) is 8.33. The summed E-state index contributed by atoms with van der Waals surface area (Å²) in [5.41, 5.74) is 1.52. The van der Waals surface area contributed by atoms with E-state index >= 15 is 0 Å². The zero-order valence-electron chi connectivity index (χ0n) is 14.7. The molecule has 0 atom stereocenters. The molecule has 0 radical (unpaired) electrons. The molecule has 1 amide bonds. The van der Waals surface area contributed by atoms with Gasteiger partial charge in [-0.3, -0.25) is 4.79 Å². The van der Waals surface area contributed by atoms with Gasteiger partial charge in [-0.15, -0.1) is 0 Å². The average molecular weight is 327 g/mol. The molecular weight excluding hydrogens is 302 g/mol. The van der Waals surface area contributed by atoms with Crippen LogP contribution in [0.2, 0.25) is 0 Å². The monoisotopic (exact) mass is 327 g/mol. The second-order valence-electron chi connectivity index (χ2n) is 6.47. The highest BCUT2D eigenvalue weighted by Gasteiger charge is 2.06. The topological polar surface area (TPSA) is 64.1 Å².